The van der Waals surface area contributed by atoms with E-state index in [-0.39, 0.29) is 21.7 Å². The predicted octanol–water partition coefficient (Wildman–Crippen LogP) is 0.375. The zero-order valence-corrected chi connectivity index (χ0v) is 10.4. The van der Waals surface area contributed by atoms with Gasteiger partial charge in [-0.05, 0) is 14.1 Å². The molecule has 0 aliphatic carbocycles. The van der Waals surface area contributed by atoms with Crippen molar-refractivity contribution in [3.05, 3.63) is 6.92 Å². The van der Waals surface area contributed by atoms with E-state index in [2.05, 4.69) is 18.7 Å². The fourth-order valence-electron chi connectivity index (χ4n) is 0.365. The first kappa shape index (κ1) is 22.9. The Balaban J connectivity index is -0.0000000560. The summed E-state index contributed by atoms with van der Waals surface area (Å²) in [4.78, 5) is 2.11. The predicted molar refractivity (Wildman–Crippen MR) is 49.4 cm³/mol. The second kappa shape index (κ2) is 22.6. The molecule has 0 aromatic heterocycles. The van der Waals surface area contributed by atoms with E-state index in [1.807, 2.05) is 14.1 Å². The summed E-state index contributed by atoms with van der Waals surface area (Å²) in [6.45, 7) is 6.02. The van der Waals surface area contributed by atoms with Crippen molar-refractivity contribution in [1.29, 1.82) is 0 Å². The van der Waals surface area contributed by atoms with E-state index in [9.17, 15) is 0 Å². The molecule has 0 amide bonds. The smallest absolute Gasteiger partial charge is 0.0319 e. The van der Waals surface area contributed by atoms with Crippen LogP contribution in [0.5, 0.6) is 0 Å². The first-order valence-corrected chi connectivity index (χ1v) is 3.57. The minimum absolute atomic E-state index is 0. The number of hydrogen-bond acceptors (Lipinski definition) is 3. The van der Waals surface area contributed by atoms with Gasteiger partial charge in [0.25, 0.3) is 0 Å². The molecule has 0 spiro atoms. The van der Waals surface area contributed by atoms with Crippen LogP contribution in [0.4, 0.5) is 0 Å². The number of rotatable bonds is 2. The first-order chi connectivity index (χ1) is 5.18. The molecule has 0 saturated heterocycles. The van der Waals surface area contributed by atoms with E-state index in [0.29, 0.717) is 6.04 Å². The SMILES string of the molecule is CO.CO.[CH2-]C(CC)N(C)C.[Ti]. The third-order valence-electron chi connectivity index (χ3n) is 1.20. The minimum atomic E-state index is 0. The summed E-state index contributed by atoms with van der Waals surface area (Å²) in [7, 11) is 6.09. The van der Waals surface area contributed by atoms with Gasteiger partial charge in [0, 0.05) is 35.9 Å². The Kier molecular flexibility index (Phi) is 43.1. The summed E-state index contributed by atoms with van der Waals surface area (Å²) in [6.07, 6.45) is 1.13. The average Bonchev–Trinajstić information content (AvgIpc) is 2.10. The van der Waals surface area contributed by atoms with Gasteiger partial charge in [0.2, 0.25) is 0 Å². The zero-order valence-electron chi connectivity index (χ0n) is 8.83. The Hall–Kier alpha value is 0.594. The van der Waals surface area contributed by atoms with Gasteiger partial charge in [-0.25, -0.2) is 0 Å². The largest absolute Gasteiger partial charge is 0.400 e. The second-order valence-corrected chi connectivity index (χ2v) is 2.03. The van der Waals surface area contributed by atoms with Gasteiger partial charge in [0.05, 0.1) is 0 Å². The van der Waals surface area contributed by atoms with E-state index in [0.717, 1.165) is 20.6 Å². The van der Waals surface area contributed by atoms with Gasteiger partial charge in [-0.1, -0.05) is 13.3 Å². The Morgan fingerprint density at radius 3 is 1.42 bits per heavy atom. The molecule has 0 aliphatic heterocycles. The van der Waals surface area contributed by atoms with Crippen LogP contribution in [0.1, 0.15) is 13.3 Å². The second-order valence-electron chi connectivity index (χ2n) is 2.03. The van der Waals surface area contributed by atoms with Gasteiger partial charge in [-0.15, -0.1) is 6.04 Å². The van der Waals surface area contributed by atoms with E-state index in [1.54, 1.807) is 0 Å². The third-order valence-corrected chi connectivity index (χ3v) is 1.20. The zero-order chi connectivity index (χ0) is 9.86. The molecule has 3 nitrogen and oxygen atoms in total. The van der Waals surface area contributed by atoms with E-state index in [4.69, 9.17) is 10.2 Å². The van der Waals surface area contributed by atoms with Crippen LogP contribution in [0.25, 0.3) is 0 Å². The Morgan fingerprint density at radius 2 is 1.42 bits per heavy atom. The molecule has 1 unspecified atom stereocenters. The Bertz CT molecular complexity index is 54.3. The summed E-state index contributed by atoms with van der Waals surface area (Å²) in [5, 5.41) is 14.0. The fourth-order valence-corrected chi connectivity index (χ4v) is 0.365. The Morgan fingerprint density at radius 1 is 1.17 bits per heavy atom. The summed E-state index contributed by atoms with van der Waals surface area (Å²) < 4.78 is 0. The van der Waals surface area contributed by atoms with Gasteiger partial charge < -0.3 is 22.0 Å². The number of nitrogens with zero attached hydrogens (tertiary/aromatic N) is 1. The van der Waals surface area contributed by atoms with Crippen molar-refractivity contribution < 1.29 is 31.9 Å². The van der Waals surface area contributed by atoms with Crippen molar-refractivity contribution in [2.45, 2.75) is 19.4 Å². The van der Waals surface area contributed by atoms with Crippen LogP contribution in [0.3, 0.4) is 0 Å². The molecule has 0 aromatic carbocycles. The molecular weight excluding hydrogens is 190 g/mol. The maximum atomic E-state index is 7.00. The summed E-state index contributed by atoms with van der Waals surface area (Å²) in [5.41, 5.74) is 0. The molecule has 0 aromatic rings. The van der Waals surface area contributed by atoms with Crippen molar-refractivity contribution >= 4 is 0 Å². The van der Waals surface area contributed by atoms with Crippen LogP contribution >= 0.6 is 0 Å². The van der Waals surface area contributed by atoms with Crippen LogP contribution in [-0.4, -0.2) is 49.5 Å². The molecule has 0 bridgehead atoms. The van der Waals surface area contributed by atoms with Crippen molar-refractivity contribution in [3.8, 4) is 0 Å². The third kappa shape index (κ3) is 22.4. The maximum Gasteiger partial charge on any atom is 0.0319 e. The average molecular weight is 212 g/mol. The van der Waals surface area contributed by atoms with Gasteiger partial charge in [-0.3, -0.25) is 0 Å². The quantitative estimate of drug-likeness (QED) is 0.513. The van der Waals surface area contributed by atoms with Crippen LogP contribution in [0.2, 0.25) is 0 Å². The minimum Gasteiger partial charge on any atom is -0.400 e. The summed E-state index contributed by atoms with van der Waals surface area (Å²) in [6, 6.07) is 0.486. The molecule has 0 radical (unpaired) electrons. The van der Waals surface area contributed by atoms with E-state index in [1.165, 1.54) is 0 Å². The van der Waals surface area contributed by atoms with E-state index >= 15 is 0 Å². The molecule has 0 fully saturated rings. The van der Waals surface area contributed by atoms with Crippen molar-refractivity contribution in [1.82, 2.24) is 4.90 Å². The molecule has 0 rings (SSSR count). The molecule has 0 heterocycles. The molecule has 0 saturated carbocycles. The Labute approximate surface area is 91.7 Å². The molecule has 0 aliphatic rings. The topological polar surface area (TPSA) is 43.7 Å². The van der Waals surface area contributed by atoms with Crippen LogP contribution in [0.15, 0.2) is 0 Å². The van der Waals surface area contributed by atoms with Crippen LogP contribution < -0.4 is 0 Å². The molecule has 76 valence electrons. The number of aliphatic hydroxyl groups excluding tert-OH is 2. The normalized spacial score (nSPS) is 9.75. The van der Waals surface area contributed by atoms with Crippen molar-refractivity contribution in [3.63, 3.8) is 0 Å². The first-order valence-electron chi connectivity index (χ1n) is 3.57. The van der Waals surface area contributed by atoms with Gasteiger partial charge >= 0.3 is 0 Å². The van der Waals surface area contributed by atoms with Crippen molar-refractivity contribution in [2.75, 3.05) is 28.3 Å². The summed E-state index contributed by atoms with van der Waals surface area (Å²) in [5.74, 6) is 0. The van der Waals surface area contributed by atoms with Crippen LogP contribution in [0, 0.1) is 6.92 Å². The monoisotopic (exact) mass is 212 g/mol. The van der Waals surface area contributed by atoms with Gasteiger partial charge in [-0.2, -0.15) is 0 Å². The van der Waals surface area contributed by atoms with Gasteiger partial charge in [0.1, 0.15) is 0 Å². The molecule has 1 atom stereocenters. The van der Waals surface area contributed by atoms with E-state index < -0.39 is 0 Å². The number of hydrogen-bond donors (Lipinski definition) is 2. The maximum absolute atomic E-state index is 7.00. The number of aliphatic hydroxyl groups is 2. The molecule has 12 heavy (non-hydrogen) atoms. The van der Waals surface area contributed by atoms with Crippen LogP contribution in [-0.2, 0) is 21.7 Å². The van der Waals surface area contributed by atoms with Gasteiger partial charge in [0.15, 0.2) is 0 Å². The van der Waals surface area contributed by atoms with Crippen molar-refractivity contribution in [2.24, 2.45) is 0 Å². The summed E-state index contributed by atoms with van der Waals surface area (Å²) >= 11 is 0. The molecular formula is C8H22NO2Ti-. The molecule has 2 N–H and O–H groups in total. The molecule has 4 heteroatoms. The fraction of sp³-hybridized carbons (Fsp3) is 0.875. The standard InChI is InChI=1S/C6H14N.2CH4O.Ti/c1-5-6(2)7(3)4;2*1-2;/h6H,2,5H2,1,3-4H3;2*2H,1H3;/q-1;;;.